The predicted molar refractivity (Wildman–Crippen MR) is 100.0 cm³/mol. The van der Waals surface area contributed by atoms with E-state index in [0.717, 1.165) is 12.8 Å². The number of amides is 1. The first kappa shape index (κ1) is 19.8. The van der Waals surface area contributed by atoms with Crippen LogP contribution in [0.4, 0.5) is 10.1 Å². The van der Waals surface area contributed by atoms with Gasteiger partial charge in [0.25, 0.3) is 5.91 Å². The van der Waals surface area contributed by atoms with Crippen molar-refractivity contribution in [2.24, 2.45) is 0 Å². The Morgan fingerprint density at radius 1 is 1.22 bits per heavy atom. The van der Waals surface area contributed by atoms with Crippen LogP contribution < -0.4 is 10.0 Å². The number of sulfonamides is 1. The number of hydrogen-bond donors (Lipinski definition) is 2. The van der Waals surface area contributed by atoms with Crippen molar-refractivity contribution in [3.63, 3.8) is 0 Å². The summed E-state index contributed by atoms with van der Waals surface area (Å²) in [6, 6.07) is 9.21. The molecule has 2 aromatic carbocycles. The molecule has 9 heteroatoms. The quantitative estimate of drug-likeness (QED) is 0.763. The number of carbonyl (C=O) groups is 1. The van der Waals surface area contributed by atoms with E-state index in [1.54, 1.807) is 0 Å². The molecule has 2 aromatic rings. The van der Waals surface area contributed by atoms with E-state index < -0.39 is 21.7 Å². The Morgan fingerprint density at radius 3 is 2.63 bits per heavy atom. The first-order chi connectivity index (χ1) is 12.8. The molecule has 1 fully saturated rings. The molecule has 1 atom stereocenters. The van der Waals surface area contributed by atoms with Gasteiger partial charge in [-0.1, -0.05) is 11.6 Å². The minimum absolute atomic E-state index is 0.00757. The molecule has 144 valence electrons. The van der Waals surface area contributed by atoms with Crippen molar-refractivity contribution in [2.75, 3.05) is 18.5 Å². The van der Waals surface area contributed by atoms with Gasteiger partial charge in [0, 0.05) is 24.4 Å². The lowest BCUT2D eigenvalue weighted by Crippen LogP contribution is -2.32. The summed E-state index contributed by atoms with van der Waals surface area (Å²) in [5.41, 5.74) is 0.499. The van der Waals surface area contributed by atoms with E-state index in [0.29, 0.717) is 12.3 Å². The number of halogens is 2. The fraction of sp³-hybridized carbons (Fsp3) is 0.278. The van der Waals surface area contributed by atoms with Gasteiger partial charge in [0.15, 0.2) is 0 Å². The van der Waals surface area contributed by atoms with Crippen LogP contribution in [0.2, 0.25) is 5.02 Å². The van der Waals surface area contributed by atoms with Crippen LogP contribution in [0.3, 0.4) is 0 Å². The maximum atomic E-state index is 13.0. The maximum Gasteiger partial charge on any atom is 0.255 e. The van der Waals surface area contributed by atoms with Crippen molar-refractivity contribution in [3.8, 4) is 0 Å². The highest BCUT2D eigenvalue weighted by Crippen LogP contribution is 2.24. The van der Waals surface area contributed by atoms with Gasteiger partial charge < -0.3 is 10.1 Å². The number of ether oxygens (including phenoxy) is 1. The number of rotatable bonds is 6. The Hall–Kier alpha value is -2.00. The van der Waals surface area contributed by atoms with E-state index in [1.165, 1.54) is 42.5 Å². The molecule has 1 heterocycles. The van der Waals surface area contributed by atoms with Crippen LogP contribution in [0.5, 0.6) is 0 Å². The van der Waals surface area contributed by atoms with E-state index in [4.69, 9.17) is 16.3 Å². The van der Waals surface area contributed by atoms with Crippen LogP contribution in [-0.4, -0.2) is 33.6 Å². The van der Waals surface area contributed by atoms with Gasteiger partial charge in [0.2, 0.25) is 10.0 Å². The summed E-state index contributed by atoms with van der Waals surface area (Å²) in [7, 11) is -3.90. The monoisotopic (exact) mass is 412 g/mol. The largest absolute Gasteiger partial charge is 0.377 e. The van der Waals surface area contributed by atoms with Crippen LogP contribution >= 0.6 is 11.6 Å². The van der Waals surface area contributed by atoms with Crippen molar-refractivity contribution in [1.29, 1.82) is 0 Å². The molecule has 1 aliphatic heterocycles. The number of anilines is 1. The molecule has 0 aromatic heterocycles. The Morgan fingerprint density at radius 2 is 1.96 bits per heavy atom. The van der Waals surface area contributed by atoms with Crippen LogP contribution in [0.25, 0.3) is 0 Å². The number of benzene rings is 2. The second-order valence-corrected chi connectivity index (χ2v) is 8.24. The number of hydrogen-bond acceptors (Lipinski definition) is 4. The minimum Gasteiger partial charge on any atom is -0.377 e. The Kier molecular flexibility index (Phi) is 6.11. The first-order valence-electron chi connectivity index (χ1n) is 8.33. The van der Waals surface area contributed by atoms with Gasteiger partial charge in [-0.15, -0.1) is 0 Å². The number of nitrogens with one attached hydrogen (secondary N) is 2. The van der Waals surface area contributed by atoms with E-state index in [-0.39, 0.29) is 28.1 Å². The topological polar surface area (TPSA) is 84.5 Å². The molecule has 2 N–H and O–H groups in total. The summed E-state index contributed by atoms with van der Waals surface area (Å²) in [5.74, 6) is -0.959. The Bertz CT molecular complexity index is 929. The summed E-state index contributed by atoms with van der Waals surface area (Å²) in [6.45, 7) is 0.761. The Balaban J connectivity index is 1.76. The van der Waals surface area contributed by atoms with Crippen molar-refractivity contribution >= 4 is 33.2 Å². The molecule has 1 saturated heterocycles. The molecule has 0 radical (unpaired) electrons. The average Bonchev–Trinajstić information content (AvgIpc) is 3.16. The summed E-state index contributed by atoms with van der Waals surface area (Å²) < 4.78 is 45.9. The van der Waals surface area contributed by atoms with Gasteiger partial charge in [-0.2, -0.15) is 0 Å². The van der Waals surface area contributed by atoms with Crippen LogP contribution in [0.15, 0.2) is 47.4 Å². The first-order valence-corrected chi connectivity index (χ1v) is 10.2. The van der Waals surface area contributed by atoms with Gasteiger partial charge in [0.05, 0.1) is 11.1 Å². The summed E-state index contributed by atoms with van der Waals surface area (Å²) in [6.07, 6.45) is 1.52. The number of carbonyl (C=O) groups excluding carboxylic acids is 1. The van der Waals surface area contributed by atoms with Gasteiger partial charge in [-0.25, -0.2) is 17.5 Å². The van der Waals surface area contributed by atoms with Gasteiger partial charge >= 0.3 is 0 Å². The zero-order chi connectivity index (χ0) is 19.4. The van der Waals surface area contributed by atoms with E-state index in [9.17, 15) is 17.6 Å². The highest BCUT2D eigenvalue weighted by molar-refractivity contribution is 7.89. The van der Waals surface area contributed by atoms with E-state index in [1.807, 2.05) is 0 Å². The molecule has 3 rings (SSSR count). The van der Waals surface area contributed by atoms with Crippen LogP contribution in [0, 0.1) is 5.82 Å². The zero-order valence-corrected chi connectivity index (χ0v) is 15.8. The third kappa shape index (κ3) is 5.04. The molecule has 1 unspecified atom stereocenters. The highest BCUT2D eigenvalue weighted by atomic mass is 35.5. The lowest BCUT2D eigenvalue weighted by atomic mass is 10.2. The molecule has 0 spiro atoms. The zero-order valence-electron chi connectivity index (χ0n) is 14.2. The lowest BCUT2D eigenvalue weighted by Gasteiger charge is -2.13. The molecular formula is C18H18ClFN2O4S. The van der Waals surface area contributed by atoms with Gasteiger partial charge in [-0.05, 0) is 55.3 Å². The van der Waals surface area contributed by atoms with E-state index in [2.05, 4.69) is 10.0 Å². The molecule has 6 nitrogen and oxygen atoms in total. The molecule has 0 saturated carbocycles. The predicted octanol–water partition coefficient (Wildman–Crippen LogP) is 3.19. The standard InChI is InChI=1S/C18H18ClFN2O4S/c19-16-8-3-12(18(23)22-14-6-4-13(20)5-7-14)10-17(16)27(24,25)21-11-15-2-1-9-26-15/h3-8,10,15,21H,1-2,9,11H2,(H,22,23). The maximum absolute atomic E-state index is 13.0. The summed E-state index contributed by atoms with van der Waals surface area (Å²) in [4.78, 5) is 12.2. The Labute approximate surface area is 161 Å². The van der Waals surface area contributed by atoms with E-state index >= 15 is 0 Å². The molecule has 0 aliphatic carbocycles. The van der Waals surface area contributed by atoms with Crippen molar-refractivity contribution in [1.82, 2.24) is 4.72 Å². The van der Waals surface area contributed by atoms with Gasteiger partial charge in [-0.3, -0.25) is 4.79 Å². The molecule has 0 bridgehead atoms. The van der Waals surface area contributed by atoms with Crippen molar-refractivity contribution in [3.05, 3.63) is 58.9 Å². The van der Waals surface area contributed by atoms with Crippen molar-refractivity contribution in [2.45, 2.75) is 23.8 Å². The summed E-state index contributed by atoms with van der Waals surface area (Å²) in [5, 5.41) is 2.58. The molecule has 1 aliphatic rings. The second-order valence-electron chi connectivity index (χ2n) is 6.09. The van der Waals surface area contributed by atoms with Gasteiger partial charge in [0.1, 0.15) is 10.7 Å². The van der Waals surface area contributed by atoms with Crippen LogP contribution in [0.1, 0.15) is 23.2 Å². The molecular weight excluding hydrogens is 395 g/mol. The SMILES string of the molecule is O=C(Nc1ccc(F)cc1)c1ccc(Cl)c(S(=O)(=O)NCC2CCCO2)c1. The third-order valence-electron chi connectivity index (χ3n) is 4.11. The molecule has 27 heavy (non-hydrogen) atoms. The lowest BCUT2D eigenvalue weighted by molar-refractivity contribution is 0.102. The highest BCUT2D eigenvalue weighted by Gasteiger charge is 2.23. The second kappa shape index (κ2) is 8.35. The summed E-state index contributed by atoms with van der Waals surface area (Å²) >= 11 is 6.03. The average molecular weight is 413 g/mol. The smallest absolute Gasteiger partial charge is 0.255 e. The normalized spacial score (nSPS) is 17.0. The fourth-order valence-corrected chi connectivity index (χ4v) is 4.26. The fourth-order valence-electron chi connectivity index (χ4n) is 2.67. The van der Waals surface area contributed by atoms with Crippen LogP contribution in [-0.2, 0) is 14.8 Å². The molecule has 1 amide bonds. The minimum atomic E-state index is -3.90. The third-order valence-corrected chi connectivity index (χ3v) is 6.02. The van der Waals surface area contributed by atoms with Crippen molar-refractivity contribution < 1.29 is 22.3 Å².